The number of carbonyl (C=O) groups excluding carboxylic acids is 2. The molecular formula is C17H29N3O3. The molecule has 0 unspecified atom stereocenters. The summed E-state index contributed by atoms with van der Waals surface area (Å²) in [5.74, 6) is -0.0379. The summed E-state index contributed by atoms with van der Waals surface area (Å²) in [6.07, 6.45) is 4.50. The van der Waals surface area contributed by atoms with Crippen molar-refractivity contribution in [3.8, 4) is 0 Å². The molecule has 2 aliphatic heterocycles. The fraction of sp³-hybridized carbons (Fsp3) is 0.882. The van der Waals surface area contributed by atoms with Crippen LogP contribution in [0.2, 0.25) is 0 Å². The van der Waals surface area contributed by atoms with Crippen molar-refractivity contribution in [2.45, 2.75) is 82.6 Å². The van der Waals surface area contributed by atoms with Crippen molar-refractivity contribution in [2.24, 2.45) is 0 Å². The van der Waals surface area contributed by atoms with E-state index >= 15 is 0 Å². The van der Waals surface area contributed by atoms with Gasteiger partial charge in [0.2, 0.25) is 0 Å². The summed E-state index contributed by atoms with van der Waals surface area (Å²) in [7, 11) is 0. The molecule has 0 aromatic heterocycles. The zero-order valence-corrected chi connectivity index (χ0v) is 14.7. The average Bonchev–Trinajstić information content (AvgIpc) is 3.02. The second-order valence-corrected chi connectivity index (χ2v) is 8.35. The van der Waals surface area contributed by atoms with Crippen LogP contribution < -0.4 is 10.6 Å². The number of urea groups is 1. The number of nitrogens with zero attached hydrogens (tertiary/aromatic N) is 1. The zero-order valence-electron chi connectivity index (χ0n) is 14.7. The van der Waals surface area contributed by atoms with Crippen LogP contribution >= 0.6 is 0 Å². The van der Waals surface area contributed by atoms with Gasteiger partial charge in [-0.3, -0.25) is 9.69 Å². The highest BCUT2D eigenvalue weighted by atomic mass is 16.5. The Morgan fingerprint density at radius 1 is 1.22 bits per heavy atom. The van der Waals surface area contributed by atoms with Gasteiger partial charge in [0, 0.05) is 19.1 Å². The van der Waals surface area contributed by atoms with E-state index in [0.717, 1.165) is 32.1 Å². The van der Waals surface area contributed by atoms with Crippen LogP contribution in [-0.2, 0) is 9.53 Å². The third-order valence-electron chi connectivity index (χ3n) is 5.50. The molecule has 2 N–H and O–H groups in total. The van der Waals surface area contributed by atoms with Crippen LogP contribution in [0.15, 0.2) is 0 Å². The van der Waals surface area contributed by atoms with Crippen molar-refractivity contribution in [1.82, 2.24) is 15.5 Å². The van der Waals surface area contributed by atoms with Crippen LogP contribution in [0, 0.1) is 0 Å². The van der Waals surface area contributed by atoms with Gasteiger partial charge in [0.05, 0.1) is 11.2 Å². The standard InChI is InChI=1S/C17H29N3O3/c1-15(2)11-12(16(3,4)23-15)18-9-10-20-13(21)17(19-14(20)22)7-5-6-8-17/h12,18H,5-11H2,1-4H3,(H,19,22)/t12-/m1/s1. The van der Waals surface area contributed by atoms with Gasteiger partial charge in [-0.2, -0.15) is 0 Å². The minimum atomic E-state index is -0.602. The van der Waals surface area contributed by atoms with Gasteiger partial charge < -0.3 is 15.4 Å². The van der Waals surface area contributed by atoms with Crippen LogP contribution in [0.4, 0.5) is 4.79 Å². The van der Waals surface area contributed by atoms with E-state index in [0.29, 0.717) is 13.1 Å². The van der Waals surface area contributed by atoms with E-state index in [1.807, 2.05) is 0 Å². The van der Waals surface area contributed by atoms with Crippen molar-refractivity contribution in [3.63, 3.8) is 0 Å². The Morgan fingerprint density at radius 3 is 2.43 bits per heavy atom. The normalized spacial score (nSPS) is 31.1. The molecular weight excluding hydrogens is 294 g/mol. The highest BCUT2D eigenvalue weighted by Crippen LogP contribution is 2.37. The van der Waals surface area contributed by atoms with Gasteiger partial charge in [-0.25, -0.2) is 4.79 Å². The zero-order chi connectivity index (χ0) is 16.9. The molecule has 0 aromatic carbocycles. The summed E-state index contributed by atoms with van der Waals surface area (Å²) in [6, 6.07) is -0.0142. The molecule has 1 saturated carbocycles. The number of ether oxygens (including phenoxy) is 1. The topological polar surface area (TPSA) is 70.7 Å². The van der Waals surface area contributed by atoms with E-state index in [4.69, 9.17) is 4.74 Å². The molecule has 2 heterocycles. The summed E-state index contributed by atoms with van der Waals surface area (Å²) in [5, 5.41) is 6.40. The predicted octanol–water partition coefficient (Wildman–Crippen LogP) is 1.79. The Labute approximate surface area is 138 Å². The Hall–Kier alpha value is -1.14. The van der Waals surface area contributed by atoms with Gasteiger partial charge in [0.25, 0.3) is 5.91 Å². The second-order valence-electron chi connectivity index (χ2n) is 8.35. The SMILES string of the molecule is CC1(C)C[C@@H](NCCN2C(=O)NC3(CCCC3)C2=O)C(C)(C)O1. The van der Waals surface area contributed by atoms with E-state index < -0.39 is 5.54 Å². The van der Waals surface area contributed by atoms with E-state index in [1.165, 1.54) is 4.90 Å². The molecule has 3 rings (SSSR count). The lowest BCUT2D eigenvalue weighted by molar-refractivity contribution is -0.131. The Morgan fingerprint density at radius 2 is 1.87 bits per heavy atom. The third-order valence-corrected chi connectivity index (χ3v) is 5.50. The summed E-state index contributed by atoms with van der Waals surface area (Å²) < 4.78 is 6.07. The van der Waals surface area contributed by atoms with Crippen LogP contribution in [0.25, 0.3) is 0 Å². The minimum Gasteiger partial charge on any atom is -0.368 e. The lowest BCUT2D eigenvalue weighted by atomic mass is 9.94. The number of nitrogens with one attached hydrogen (secondary N) is 2. The van der Waals surface area contributed by atoms with E-state index in [9.17, 15) is 9.59 Å². The summed E-state index contributed by atoms with van der Waals surface area (Å²) in [6.45, 7) is 9.37. The lowest BCUT2D eigenvalue weighted by Gasteiger charge is -2.28. The Kier molecular flexibility index (Phi) is 3.96. The first-order chi connectivity index (χ1) is 10.7. The quantitative estimate of drug-likeness (QED) is 0.774. The molecule has 0 radical (unpaired) electrons. The molecule has 1 spiro atoms. The first-order valence-electron chi connectivity index (χ1n) is 8.73. The summed E-state index contributed by atoms with van der Waals surface area (Å²) in [4.78, 5) is 26.1. The maximum atomic E-state index is 12.6. The molecule has 23 heavy (non-hydrogen) atoms. The van der Waals surface area contributed by atoms with Crippen LogP contribution in [-0.4, -0.2) is 52.7 Å². The maximum Gasteiger partial charge on any atom is 0.325 e. The highest BCUT2D eigenvalue weighted by Gasteiger charge is 2.52. The monoisotopic (exact) mass is 323 g/mol. The molecule has 6 heteroatoms. The number of rotatable bonds is 4. The minimum absolute atomic E-state index is 0.0379. The van der Waals surface area contributed by atoms with Gasteiger partial charge in [-0.15, -0.1) is 0 Å². The van der Waals surface area contributed by atoms with E-state index in [2.05, 4.69) is 38.3 Å². The molecule has 3 amide bonds. The number of imide groups is 1. The van der Waals surface area contributed by atoms with Crippen molar-refractivity contribution in [2.75, 3.05) is 13.1 Å². The molecule has 0 aromatic rings. The summed E-state index contributed by atoms with van der Waals surface area (Å²) in [5.41, 5.74) is -0.988. The van der Waals surface area contributed by atoms with Gasteiger partial charge in [0.1, 0.15) is 5.54 Å². The van der Waals surface area contributed by atoms with Gasteiger partial charge in [-0.1, -0.05) is 12.8 Å². The third kappa shape index (κ3) is 2.98. The van der Waals surface area contributed by atoms with Gasteiger partial charge in [0.15, 0.2) is 0 Å². The first kappa shape index (κ1) is 16.7. The molecule has 2 saturated heterocycles. The number of hydrogen-bond acceptors (Lipinski definition) is 4. The Bertz CT molecular complexity index is 509. The predicted molar refractivity (Wildman–Crippen MR) is 87.1 cm³/mol. The number of carbonyl (C=O) groups is 2. The van der Waals surface area contributed by atoms with E-state index in [1.54, 1.807) is 0 Å². The van der Waals surface area contributed by atoms with Gasteiger partial charge >= 0.3 is 6.03 Å². The number of hydrogen-bond donors (Lipinski definition) is 2. The fourth-order valence-corrected chi connectivity index (χ4v) is 4.43. The van der Waals surface area contributed by atoms with Gasteiger partial charge in [-0.05, 0) is 47.0 Å². The molecule has 130 valence electrons. The molecule has 0 bridgehead atoms. The van der Waals surface area contributed by atoms with Crippen molar-refractivity contribution < 1.29 is 14.3 Å². The van der Waals surface area contributed by atoms with Crippen LogP contribution in [0.5, 0.6) is 0 Å². The highest BCUT2D eigenvalue weighted by molar-refractivity contribution is 6.07. The molecule has 3 fully saturated rings. The Balaban J connectivity index is 1.55. The van der Waals surface area contributed by atoms with E-state index in [-0.39, 0.29) is 29.2 Å². The summed E-state index contributed by atoms with van der Waals surface area (Å²) >= 11 is 0. The van der Waals surface area contributed by atoms with Crippen molar-refractivity contribution >= 4 is 11.9 Å². The lowest BCUT2D eigenvalue weighted by Crippen LogP contribution is -2.47. The fourth-order valence-electron chi connectivity index (χ4n) is 4.43. The molecule has 3 aliphatic rings. The van der Waals surface area contributed by atoms with Crippen molar-refractivity contribution in [3.05, 3.63) is 0 Å². The molecule has 6 nitrogen and oxygen atoms in total. The van der Waals surface area contributed by atoms with Crippen molar-refractivity contribution in [1.29, 1.82) is 0 Å². The van der Waals surface area contributed by atoms with Crippen LogP contribution in [0.3, 0.4) is 0 Å². The number of amides is 3. The average molecular weight is 323 g/mol. The smallest absolute Gasteiger partial charge is 0.325 e. The molecule has 1 atom stereocenters. The first-order valence-corrected chi connectivity index (χ1v) is 8.73. The maximum absolute atomic E-state index is 12.6. The van der Waals surface area contributed by atoms with Crippen LogP contribution in [0.1, 0.15) is 59.8 Å². The largest absolute Gasteiger partial charge is 0.368 e. The second kappa shape index (κ2) is 5.45. The molecule has 1 aliphatic carbocycles.